The number of nitrogens with one attached hydrogen (secondary N) is 1. The van der Waals surface area contributed by atoms with E-state index in [0.29, 0.717) is 6.54 Å². The Morgan fingerprint density at radius 2 is 1.97 bits per heavy atom. The highest BCUT2D eigenvalue weighted by atomic mass is 19.1. The number of likely N-dealkylation sites (tertiary alicyclic amines) is 1. The molecule has 0 aliphatic carbocycles. The molecule has 156 valence electrons. The van der Waals surface area contributed by atoms with Crippen molar-refractivity contribution in [1.82, 2.24) is 10.2 Å². The van der Waals surface area contributed by atoms with Crippen molar-refractivity contribution in [3.8, 4) is 5.75 Å². The van der Waals surface area contributed by atoms with Crippen LogP contribution in [0.1, 0.15) is 48.9 Å². The molecule has 0 aromatic heterocycles. The number of benzene rings is 2. The van der Waals surface area contributed by atoms with Crippen LogP contribution in [0.15, 0.2) is 42.5 Å². The van der Waals surface area contributed by atoms with Crippen molar-refractivity contribution in [3.63, 3.8) is 0 Å². The molecule has 2 aromatic rings. The van der Waals surface area contributed by atoms with Crippen LogP contribution in [0.25, 0.3) is 0 Å². The highest BCUT2D eigenvalue weighted by Crippen LogP contribution is 2.26. The van der Waals surface area contributed by atoms with Crippen LogP contribution in [0, 0.1) is 18.7 Å². The van der Waals surface area contributed by atoms with Gasteiger partial charge in [-0.15, -0.1) is 0 Å². The van der Waals surface area contributed by atoms with Crippen LogP contribution in [-0.2, 0) is 11.3 Å². The van der Waals surface area contributed by atoms with Crippen molar-refractivity contribution < 1.29 is 13.9 Å². The molecule has 1 amide bonds. The third-order valence-electron chi connectivity index (χ3n) is 5.86. The topological polar surface area (TPSA) is 41.6 Å². The summed E-state index contributed by atoms with van der Waals surface area (Å²) < 4.78 is 19.2. The molecule has 1 aliphatic heterocycles. The Kier molecular flexibility index (Phi) is 7.26. The number of ether oxygens (including phenoxy) is 1. The molecule has 0 bridgehead atoms. The standard InChI is InChI=1S/C24H31FN2O2/c1-4-22(19-9-10-23(29-3)17(2)15-19)26-24(28)18-11-13-27(14-12-18)16-20-7-5-6-8-21(20)25/h5-10,15,18,22H,4,11-14,16H2,1-3H3,(H,26,28). The molecule has 4 nitrogen and oxygen atoms in total. The molecule has 1 saturated heterocycles. The first-order valence-corrected chi connectivity index (χ1v) is 10.4. The maximum atomic E-state index is 13.9. The quantitative estimate of drug-likeness (QED) is 0.740. The number of carbonyl (C=O) groups excluding carboxylic acids is 1. The van der Waals surface area contributed by atoms with Gasteiger partial charge in [-0.2, -0.15) is 0 Å². The average molecular weight is 399 g/mol. The summed E-state index contributed by atoms with van der Waals surface area (Å²) in [5.41, 5.74) is 2.90. The van der Waals surface area contributed by atoms with Crippen molar-refractivity contribution in [2.45, 2.75) is 45.7 Å². The first-order chi connectivity index (χ1) is 14.0. The van der Waals surface area contributed by atoms with Crippen LogP contribution in [-0.4, -0.2) is 31.0 Å². The van der Waals surface area contributed by atoms with E-state index in [9.17, 15) is 9.18 Å². The molecule has 0 spiro atoms. The van der Waals surface area contributed by atoms with E-state index in [1.54, 1.807) is 13.2 Å². The summed E-state index contributed by atoms with van der Waals surface area (Å²) in [7, 11) is 1.67. The molecule has 29 heavy (non-hydrogen) atoms. The van der Waals surface area contributed by atoms with Crippen molar-refractivity contribution in [2.24, 2.45) is 5.92 Å². The second kappa shape index (κ2) is 9.88. The summed E-state index contributed by atoms with van der Waals surface area (Å²) in [5.74, 6) is 0.834. The van der Waals surface area contributed by atoms with E-state index in [2.05, 4.69) is 23.2 Å². The monoisotopic (exact) mass is 398 g/mol. The van der Waals surface area contributed by atoms with E-state index in [4.69, 9.17) is 4.74 Å². The number of piperidine rings is 1. The minimum absolute atomic E-state index is 0.00329. The molecular formula is C24H31FN2O2. The highest BCUT2D eigenvalue weighted by molar-refractivity contribution is 5.79. The Balaban J connectivity index is 1.54. The summed E-state index contributed by atoms with van der Waals surface area (Å²) >= 11 is 0. The maximum absolute atomic E-state index is 13.9. The van der Waals surface area contributed by atoms with Gasteiger partial charge in [0.1, 0.15) is 11.6 Å². The number of hydrogen-bond acceptors (Lipinski definition) is 3. The predicted molar refractivity (Wildman–Crippen MR) is 113 cm³/mol. The van der Waals surface area contributed by atoms with Crippen molar-refractivity contribution in [2.75, 3.05) is 20.2 Å². The Labute approximate surface area is 173 Å². The Morgan fingerprint density at radius 1 is 1.24 bits per heavy atom. The minimum Gasteiger partial charge on any atom is -0.496 e. The second-order valence-corrected chi connectivity index (χ2v) is 7.84. The average Bonchev–Trinajstić information content (AvgIpc) is 2.74. The number of rotatable bonds is 7. The van der Waals surface area contributed by atoms with E-state index in [1.807, 2.05) is 31.2 Å². The SMILES string of the molecule is CCC(NC(=O)C1CCN(Cc2ccccc2F)CC1)c1ccc(OC)c(C)c1. The third kappa shape index (κ3) is 5.36. The summed E-state index contributed by atoms with van der Waals surface area (Å²) in [6.45, 7) is 6.32. The second-order valence-electron chi connectivity index (χ2n) is 7.84. The van der Waals surface area contributed by atoms with Crippen LogP contribution < -0.4 is 10.1 Å². The van der Waals surface area contributed by atoms with Gasteiger partial charge in [-0.1, -0.05) is 37.3 Å². The molecule has 1 atom stereocenters. The zero-order valence-electron chi connectivity index (χ0n) is 17.6. The lowest BCUT2D eigenvalue weighted by Crippen LogP contribution is -2.41. The molecule has 1 N–H and O–H groups in total. The van der Waals surface area contributed by atoms with Crippen LogP contribution >= 0.6 is 0 Å². The number of methoxy groups -OCH3 is 1. The molecular weight excluding hydrogens is 367 g/mol. The van der Waals surface area contributed by atoms with Gasteiger partial charge >= 0.3 is 0 Å². The van der Waals surface area contributed by atoms with Crippen LogP contribution in [0.4, 0.5) is 4.39 Å². The Bertz CT molecular complexity index is 831. The molecule has 0 saturated carbocycles. The fraction of sp³-hybridized carbons (Fsp3) is 0.458. The largest absolute Gasteiger partial charge is 0.496 e. The van der Waals surface area contributed by atoms with Gasteiger partial charge in [0.25, 0.3) is 0 Å². The maximum Gasteiger partial charge on any atom is 0.223 e. The minimum atomic E-state index is -0.159. The molecule has 1 heterocycles. The van der Waals surface area contributed by atoms with E-state index in [1.165, 1.54) is 6.07 Å². The number of carbonyl (C=O) groups is 1. The molecule has 1 unspecified atom stereocenters. The van der Waals surface area contributed by atoms with Gasteiger partial charge in [0.15, 0.2) is 0 Å². The number of nitrogens with zero attached hydrogens (tertiary/aromatic N) is 1. The number of halogens is 1. The van der Waals surface area contributed by atoms with E-state index < -0.39 is 0 Å². The molecule has 3 rings (SSSR count). The molecule has 0 radical (unpaired) electrons. The van der Waals surface area contributed by atoms with Gasteiger partial charge in [-0.3, -0.25) is 9.69 Å². The van der Waals surface area contributed by atoms with Gasteiger partial charge in [0, 0.05) is 18.0 Å². The fourth-order valence-electron chi connectivity index (χ4n) is 4.05. The summed E-state index contributed by atoms with van der Waals surface area (Å²) in [4.78, 5) is 15.1. The summed E-state index contributed by atoms with van der Waals surface area (Å²) in [6.07, 6.45) is 2.44. The molecule has 1 aliphatic rings. The van der Waals surface area contributed by atoms with E-state index in [-0.39, 0.29) is 23.7 Å². The predicted octanol–water partition coefficient (Wildman–Crippen LogP) is 4.62. The molecule has 1 fully saturated rings. The van der Waals surface area contributed by atoms with Gasteiger partial charge in [0.2, 0.25) is 5.91 Å². The zero-order chi connectivity index (χ0) is 20.8. The van der Waals surface area contributed by atoms with Gasteiger partial charge in [0.05, 0.1) is 13.2 Å². The number of aryl methyl sites for hydroxylation is 1. The Morgan fingerprint density at radius 3 is 2.59 bits per heavy atom. The number of amides is 1. The zero-order valence-corrected chi connectivity index (χ0v) is 17.6. The number of hydrogen-bond donors (Lipinski definition) is 1. The van der Waals surface area contributed by atoms with Crippen LogP contribution in [0.5, 0.6) is 5.75 Å². The molecule has 5 heteroatoms. The lowest BCUT2D eigenvalue weighted by Gasteiger charge is -2.32. The summed E-state index contributed by atoms with van der Waals surface area (Å²) in [5, 5.41) is 3.23. The summed E-state index contributed by atoms with van der Waals surface area (Å²) in [6, 6.07) is 13.0. The van der Waals surface area contributed by atoms with Crippen molar-refractivity contribution >= 4 is 5.91 Å². The van der Waals surface area contributed by atoms with Gasteiger partial charge in [-0.25, -0.2) is 4.39 Å². The smallest absolute Gasteiger partial charge is 0.223 e. The van der Waals surface area contributed by atoms with Crippen molar-refractivity contribution in [3.05, 3.63) is 65.0 Å². The lowest BCUT2D eigenvalue weighted by atomic mass is 9.94. The first kappa shape index (κ1) is 21.3. The van der Waals surface area contributed by atoms with Crippen LogP contribution in [0.3, 0.4) is 0 Å². The van der Waals surface area contributed by atoms with E-state index >= 15 is 0 Å². The van der Waals surface area contributed by atoms with E-state index in [0.717, 1.165) is 54.8 Å². The van der Waals surface area contributed by atoms with Gasteiger partial charge in [-0.05, 0) is 62.5 Å². The van der Waals surface area contributed by atoms with Crippen molar-refractivity contribution in [1.29, 1.82) is 0 Å². The fourth-order valence-corrected chi connectivity index (χ4v) is 4.05. The lowest BCUT2D eigenvalue weighted by molar-refractivity contribution is -0.127. The van der Waals surface area contributed by atoms with Crippen LogP contribution in [0.2, 0.25) is 0 Å². The normalized spacial score (nSPS) is 16.4. The Hall–Kier alpha value is -2.40. The molecule has 2 aromatic carbocycles. The first-order valence-electron chi connectivity index (χ1n) is 10.4. The highest BCUT2D eigenvalue weighted by Gasteiger charge is 2.27. The third-order valence-corrected chi connectivity index (χ3v) is 5.86. The van der Waals surface area contributed by atoms with Gasteiger partial charge < -0.3 is 10.1 Å².